The molecule has 0 aliphatic carbocycles. The molecule has 6 heteroatoms. The number of carbonyl (C=O) groups excluding carboxylic acids is 1. The summed E-state index contributed by atoms with van der Waals surface area (Å²) < 4.78 is 11.3. The van der Waals surface area contributed by atoms with Crippen LogP contribution in [0.1, 0.15) is 44.6 Å². The molecule has 6 nitrogen and oxygen atoms in total. The maximum atomic E-state index is 11.6. The zero-order valence-corrected chi connectivity index (χ0v) is 15.4. The summed E-state index contributed by atoms with van der Waals surface area (Å²) in [6, 6.07) is 6.14. The highest BCUT2D eigenvalue weighted by Gasteiger charge is 2.24. The average Bonchev–Trinajstić information content (AvgIpc) is 2.66. The highest BCUT2D eigenvalue weighted by atomic mass is 16.5. The number of hydrogen-bond acceptors (Lipinski definition) is 5. The fourth-order valence-corrected chi connectivity index (χ4v) is 3.19. The minimum absolute atomic E-state index is 0.0367. The largest absolute Gasteiger partial charge is 0.493 e. The lowest BCUT2D eigenvalue weighted by Gasteiger charge is -2.31. The normalized spacial score (nSPS) is 15.8. The van der Waals surface area contributed by atoms with Crippen molar-refractivity contribution in [1.29, 1.82) is 0 Å². The number of methoxy groups -OCH3 is 1. The van der Waals surface area contributed by atoms with E-state index in [1.165, 1.54) is 18.4 Å². The number of carbonyl (C=O) groups is 1. The summed E-state index contributed by atoms with van der Waals surface area (Å²) in [5.74, 6) is 6.80. The maximum absolute atomic E-state index is 11.6. The zero-order chi connectivity index (χ0) is 18.1. The van der Waals surface area contributed by atoms with Crippen LogP contribution in [0.2, 0.25) is 0 Å². The first-order valence-electron chi connectivity index (χ1n) is 9.20. The Morgan fingerprint density at radius 3 is 2.68 bits per heavy atom. The smallest absolute Gasteiger partial charge is 0.237 e. The van der Waals surface area contributed by atoms with Crippen LogP contribution >= 0.6 is 0 Å². The summed E-state index contributed by atoms with van der Waals surface area (Å²) >= 11 is 0. The van der Waals surface area contributed by atoms with Crippen molar-refractivity contribution in [2.45, 2.75) is 45.6 Å². The Morgan fingerprint density at radius 1 is 1.28 bits per heavy atom. The van der Waals surface area contributed by atoms with Crippen LogP contribution in [0, 0.1) is 5.92 Å². The number of benzene rings is 1. The molecule has 1 amide bonds. The van der Waals surface area contributed by atoms with Crippen LogP contribution in [-0.4, -0.2) is 37.6 Å². The Bertz CT molecular complexity index is 543. The van der Waals surface area contributed by atoms with E-state index in [4.69, 9.17) is 15.3 Å². The molecule has 0 radical (unpaired) electrons. The lowest BCUT2D eigenvalue weighted by atomic mass is 9.96. The SMILES string of the molecule is CCCCCOc1ccc(CN2CCC(C(=O)NN)CC2)cc1OC. The van der Waals surface area contributed by atoms with Gasteiger partial charge in [0.05, 0.1) is 13.7 Å². The molecule has 1 heterocycles. The minimum Gasteiger partial charge on any atom is -0.493 e. The van der Waals surface area contributed by atoms with Crippen LogP contribution in [0.25, 0.3) is 0 Å². The number of nitrogens with one attached hydrogen (secondary N) is 1. The minimum atomic E-state index is -0.0501. The quantitative estimate of drug-likeness (QED) is 0.310. The van der Waals surface area contributed by atoms with E-state index in [1.807, 2.05) is 12.1 Å². The first-order valence-corrected chi connectivity index (χ1v) is 9.20. The van der Waals surface area contributed by atoms with E-state index in [0.29, 0.717) is 0 Å². The van der Waals surface area contributed by atoms with E-state index >= 15 is 0 Å². The van der Waals surface area contributed by atoms with E-state index in [9.17, 15) is 4.79 Å². The Kier molecular flexibility index (Phi) is 8.01. The van der Waals surface area contributed by atoms with Gasteiger partial charge in [-0.05, 0) is 50.0 Å². The molecule has 0 atom stereocenters. The lowest BCUT2D eigenvalue weighted by Crippen LogP contribution is -2.42. The zero-order valence-electron chi connectivity index (χ0n) is 15.4. The molecular formula is C19H31N3O3. The van der Waals surface area contributed by atoms with Crippen molar-refractivity contribution in [2.24, 2.45) is 11.8 Å². The van der Waals surface area contributed by atoms with Crippen molar-refractivity contribution in [2.75, 3.05) is 26.8 Å². The highest BCUT2D eigenvalue weighted by Crippen LogP contribution is 2.29. The topological polar surface area (TPSA) is 76.8 Å². The molecule has 1 aliphatic rings. The van der Waals surface area contributed by atoms with Gasteiger partial charge >= 0.3 is 0 Å². The summed E-state index contributed by atoms with van der Waals surface area (Å²) in [6.07, 6.45) is 5.12. The Morgan fingerprint density at radius 2 is 2.04 bits per heavy atom. The number of piperidine rings is 1. The first-order chi connectivity index (χ1) is 12.2. The second-order valence-electron chi connectivity index (χ2n) is 6.60. The molecule has 25 heavy (non-hydrogen) atoms. The van der Waals surface area contributed by atoms with Crippen LogP contribution in [0.5, 0.6) is 11.5 Å². The number of nitrogens with zero attached hydrogens (tertiary/aromatic N) is 1. The molecule has 1 aromatic carbocycles. The summed E-state index contributed by atoms with van der Waals surface area (Å²) in [4.78, 5) is 14.0. The van der Waals surface area contributed by atoms with Gasteiger partial charge in [-0.1, -0.05) is 25.8 Å². The highest BCUT2D eigenvalue weighted by molar-refractivity contribution is 5.78. The third-order valence-electron chi connectivity index (χ3n) is 4.74. The molecule has 1 aliphatic heterocycles. The van der Waals surface area contributed by atoms with Crippen molar-refractivity contribution >= 4 is 5.91 Å². The molecule has 3 N–H and O–H groups in total. The maximum Gasteiger partial charge on any atom is 0.237 e. The average molecular weight is 349 g/mol. The standard InChI is InChI=1S/C19H31N3O3/c1-3-4-5-12-25-17-7-6-15(13-18(17)24-2)14-22-10-8-16(9-11-22)19(23)21-20/h6-7,13,16H,3-5,8-12,14,20H2,1-2H3,(H,21,23). The van der Waals surface area contributed by atoms with Gasteiger partial charge in [0, 0.05) is 12.5 Å². The monoisotopic (exact) mass is 349 g/mol. The van der Waals surface area contributed by atoms with Gasteiger partial charge in [-0.25, -0.2) is 5.84 Å². The number of hydrazine groups is 1. The molecule has 0 bridgehead atoms. The number of hydrogen-bond donors (Lipinski definition) is 2. The van der Waals surface area contributed by atoms with Gasteiger partial charge in [-0.15, -0.1) is 0 Å². The Balaban J connectivity index is 1.87. The molecule has 140 valence electrons. The second kappa shape index (κ2) is 10.3. The Hall–Kier alpha value is -1.79. The molecule has 1 fully saturated rings. The van der Waals surface area contributed by atoms with E-state index < -0.39 is 0 Å². The molecule has 1 saturated heterocycles. The van der Waals surface area contributed by atoms with Gasteiger partial charge in [-0.3, -0.25) is 15.1 Å². The van der Waals surface area contributed by atoms with Crippen molar-refractivity contribution < 1.29 is 14.3 Å². The fourth-order valence-electron chi connectivity index (χ4n) is 3.19. The van der Waals surface area contributed by atoms with Crippen molar-refractivity contribution in [3.8, 4) is 11.5 Å². The number of rotatable bonds is 9. The molecule has 2 rings (SSSR count). The van der Waals surface area contributed by atoms with Crippen molar-refractivity contribution in [3.05, 3.63) is 23.8 Å². The van der Waals surface area contributed by atoms with Gasteiger partial charge in [-0.2, -0.15) is 0 Å². The van der Waals surface area contributed by atoms with E-state index in [-0.39, 0.29) is 11.8 Å². The summed E-state index contributed by atoms with van der Waals surface area (Å²) in [7, 11) is 1.68. The van der Waals surface area contributed by atoms with E-state index in [2.05, 4.69) is 23.3 Å². The fraction of sp³-hybridized carbons (Fsp3) is 0.632. The van der Waals surface area contributed by atoms with Crippen LogP contribution in [0.3, 0.4) is 0 Å². The third kappa shape index (κ3) is 5.90. The van der Waals surface area contributed by atoms with Crippen LogP contribution in [0.4, 0.5) is 0 Å². The van der Waals surface area contributed by atoms with Crippen LogP contribution < -0.4 is 20.7 Å². The molecule has 0 aromatic heterocycles. The number of amides is 1. The predicted octanol–water partition coefficient (Wildman–Crippen LogP) is 2.47. The molecule has 0 unspecified atom stereocenters. The number of unbranched alkanes of at least 4 members (excludes halogenated alkanes) is 2. The molecule has 0 saturated carbocycles. The van der Waals surface area contributed by atoms with Crippen LogP contribution in [-0.2, 0) is 11.3 Å². The van der Waals surface area contributed by atoms with Gasteiger partial charge in [0.15, 0.2) is 11.5 Å². The summed E-state index contributed by atoms with van der Waals surface area (Å²) in [5, 5.41) is 0. The van der Waals surface area contributed by atoms with Crippen molar-refractivity contribution in [3.63, 3.8) is 0 Å². The third-order valence-corrected chi connectivity index (χ3v) is 4.74. The molecule has 1 aromatic rings. The van der Waals surface area contributed by atoms with Gasteiger partial charge in [0.2, 0.25) is 5.91 Å². The van der Waals surface area contributed by atoms with Gasteiger partial charge < -0.3 is 9.47 Å². The van der Waals surface area contributed by atoms with Crippen LogP contribution in [0.15, 0.2) is 18.2 Å². The summed E-state index contributed by atoms with van der Waals surface area (Å²) in [5.41, 5.74) is 3.45. The predicted molar refractivity (Wildman–Crippen MR) is 98.3 cm³/mol. The van der Waals surface area contributed by atoms with E-state index in [1.54, 1.807) is 7.11 Å². The Labute approximate surface area is 150 Å². The number of ether oxygens (including phenoxy) is 2. The van der Waals surface area contributed by atoms with Crippen molar-refractivity contribution in [1.82, 2.24) is 10.3 Å². The first kappa shape index (κ1) is 19.5. The van der Waals surface area contributed by atoms with Gasteiger partial charge in [0.25, 0.3) is 0 Å². The summed E-state index contributed by atoms with van der Waals surface area (Å²) in [6.45, 7) is 5.55. The number of likely N-dealkylation sites (tertiary alicyclic amines) is 1. The lowest BCUT2D eigenvalue weighted by molar-refractivity contribution is -0.126. The number of nitrogens with two attached hydrogens (primary N) is 1. The molecule has 0 spiro atoms. The van der Waals surface area contributed by atoms with E-state index in [0.717, 1.165) is 57.0 Å². The second-order valence-corrected chi connectivity index (χ2v) is 6.60. The molecular weight excluding hydrogens is 318 g/mol. The van der Waals surface area contributed by atoms with Gasteiger partial charge in [0.1, 0.15) is 0 Å².